The Morgan fingerprint density at radius 1 is 1.28 bits per heavy atom. The second kappa shape index (κ2) is 4.41. The maximum atomic E-state index is 6.54. The highest BCUT2D eigenvalue weighted by Gasteiger charge is 2.74. The molecule has 7 heteroatoms. The molecule has 1 spiro atoms. The molecule has 2 aromatic rings. The number of hydrogen-bond donors (Lipinski definition) is 1. The first-order valence-electron chi connectivity index (χ1n) is 8.58. The Bertz CT molecular complexity index is 907. The fraction of sp³-hybridized carbons (Fsp3) is 0.556. The first kappa shape index (κ1) is 15.3. The van der Waals surface area contributed by atoms with Gasteiger partial charge in [-0.2, -0.15) is 0 Å². The summed E-state index contributed by atoms with van der Waals surface area (Å²) in [5, 5.41) is 0.805. The van der Waals surface area contributed by atoms with E-state index in [1.54, 1.807) is 0 Å². The van der Waals surface area contributed by atoms with E-state index in [0.717, 1.165) is 29.4 Å². The SMILES string of the molecule is C=C1CC[C@]23OC(C)(C)O[C@H]2[C@H](n2ccc4c(N)ncnc42)O[C@]13C. The van der Waals surface area contributed by atoms with Crippen molar-refractivity contribution in [2.45, 2.75) is 62.9 Å². The van der Waals surface area contributed by atoms with Crippen molar-refractivity contribution < 1.29 is 14.2 Å². The Labute approximate surface area is 145 Å². The predicted octanol–water partition coefficient (Wildman–Crippen LogP) is 2.54. The van der Waals surface area contributed by atoms with Gasteiger partial charge >= 0.3 is 0 Å². The maximum absolute atomic E-state index is 6.54. The van der Waals surface area contributed by atoms with Crippen LogP contribution < -0.4 is 5.73 Å². The van der Waals surface area contributed by atoms with Gasteiger partial charge in [0.1, 0.15) is 35.1 Å². The molecule has 0 amide bonds. The number of ether oxygens (including phenoxy) is 3. The average Bonchev–Trinajstić information content (AvgIpc) is 3.20. The van der Waals surface area contributed by atoms with E-state index in [0.29, 0.717) is 5.82 Å². The second-order valence-electron chi connectivity index (χ2n) is 7.79. The molecule has 5 rings (SSSR count). The first-order valence-corrected chi connectivity index (χ1v) is 8.58. The minimum Gasteiger partial charge on any atom is -0.383 e. The van der Waals surface area contributed by atoms with Gasteiger partial charge in [-0.05, 0) is 45.3 Å². The molecular formula is C18H22N4O3. The van der Waals surface area contributed by atoms with Crippen LogP contribution in [0.2, 0.25) is 0 Å². The third-order valence-corrected chi connectivity index (χ3v) is 6.01. The van der Waals surface area contributed by atoms with Gasteiger partial charge in [0, 0.05) is 6.20 Å². The highest BCUT2D eigenvalue weighted by Crippen LogP contribution is 2.63. The lowest BCUT2D eigenvalue weighted by atomic mass is 9.83. The van der Waals surface area contributed by atoms with Crippen LogP contribution in [0.25, 0.3) is 11.0 Å². The Morgan fingerprint density at radius 3 is 2.88 bits per heavy atom. The summed E-state index contributed by atoms with van der Waals surface area (Å²) in [6, 6.07) is 1.91. The summed E-state index contributed by atoms with van der Waals surface area (Å²) in [7, 11) is 0. The van der Waals surface area contributed by atoms with E-state index in [-0.39, 0.29) is 12.3 Å². The molecule has 2 N–H and O–H groups in total. The molecule has 3 fully saturated rings. The summed E-state index contributed by atoms with van der Waals surface area (Å²) in [4.78, 5) is 8.46. The van der Waals surface area contributed by atoms with E-state index in [2.05, 4.69) is 23.5 Å². The van der Waals surface area contributed by atoms with Crippen molar-refractivity contribution >= 4 is 16.9 Å². The molecule has 1 aliphatic carbocycles. The third kappa shape index (κ3) is 1.71. The standard InChI is InChI=1S/C18H22N4O3/c1-10-5-7-18-12(23-16(2,3)25-18)15(24-17(10,18)4)22-8-6-11-13(19)20-9-21-14(11)22/h6,8-9,12,15H,1,5,7H2,2-4H3,(H2,19,20,21)/t12-,15+,17+,18-/m0/s1. The molecule has 1 saturated carbocycles. The molecule has 0 unspecified atom stereocenters. The van der Waals surface area contributed by atoms with E-state index < -0.39 is 17.0 Å². The van der Waals surface area contributed by atoms with Gasteiger partial charge < -0.3 is 24.5 Å². The zero-order valence-electron chi connectivity index (χ0n) is 14.7. The molecule has 2 aliphatic heterocycles. The minimum atomic E-state index is -0.671. The van der Waals surface area contributed by atoms with Crippen LogP contribution in [0.5, 0.6) is 0 Å². The number of rotatable bonds is 1. The van der Waals surface area contributed by atoms with E-state index in [1.807, 2.05) is 30.7 Å². The molecule has 2 aromatic heterocycles. The number of aromatic nitrogens is 3. The van der Waals surface area contributed by atoms with Crippen LogP contribution >= 0.6 is 0 Å². The van der Waals surface area contributed by atoms with Crippen molar-refractivity contribution in [3.8, 4) is 0 Å². The Kier molecular flexibility index (Phi) is 2.70. The van der Waals surface area contributed by atoms with Gasteiger partial charge in [0.25, 0.3) is 0 Å². The van der Waals surface area contributed by atoms with Crippen LogP contribution in [0.4, 0.5) is 5.82 Å². The van der Waals surface area contributed by atoms with Gasteiger partial charge in [-0.25, -0.2) is 9.97 Å². The summed E-state index contributed by atoms with van der Waals surface area (Å²) in [6.45, 7) is 10.2. The van der Waals surface area contributed by atoms with Crippen LogP contribution in [-0.4, -0.2) is 37.6 Å². The quantitative estimate of drug-likeness (QED) is 0.802. The molecular weight excluding hydrogens is 320 g/mol. The van der Waals surface area contributed by atoms with E-state index >= 15 is 0 Å². The number of nitrogen functional groups attached to an aromatic ring is 1. The average molecular weight is 342 g/mol. The van der Waals surface area contributed by atoms with Gasteiger partial charge in [-0.3, -0.25) is 0 Å². The van der Waals surface area contributed by atoms with Crippen LogP contribution in [-0.2, 0) is 14.2 Å². The smallest absolute Gasteiger partial charge is 0.165 e. The van der Waals surface area contributed by atoms with Gasteiger partial charge in [-0.15, -0.1) is 0 Å². The van der Waals surface area contributed by atoms with Crippen molar-refractivity contribution in [3.63, 3.8) is 0 Å². The van der Waals surface area contributed by atoms with E-state index in [9.17, 15) is 0 Å². The lowest BCUT2D eigenvalue weighted by molar-refractivity contribution is -0.223. The lowest BCUT2D eigenvalue weighted by Crippen LogP contribution is -2.50. The van der Waals surface area contributed by atoms with Crippen LogP contribution in [0, 0.1) is 0 Å². The zero-order chi connectivity index (χ0) is 17.6. The van der Waals surface area contributed by atoms with Crippen molar-refractivity contribution in [2.75, 3.05) is 5.73 Å². The largest absolute Gasteiger partial charge is 0.383 e. The summed E-state index contributed by atoms with van der Waals surface area (Å²) >= 11 is 0. The summed E-state index contributed by atoms with van der Waals surface area (Å²) in [5.74, 6) is -0.216. The number of nitrogens with zero attached hydrogens (tertiary/aromatic N) is 3. The Balaban J connectivity index is 1.68. The van der Waals surface area contributed by atoms with Gasteiger partial charge in [0.15, 0.2) is 12.0 Å². The Hall–Kier alpha value is -1.96. The molecule has 4 atom stereocenters. The number of hydrogen-bond acceptors (Lipinski definition) is 6. The summed E-state index contributed by atoms with van der Waals surface area (Å²) < 4.78 is 21.3. The summed E-state index contributed by atoms with van der Waals surface area (Å²) in [6.07, 6.45) is 4.49. The molecule has 4 heterocycles. The highest BCUT2D eigenvalue weighted by atomic mass is 16.8. The van der Waals surface area contributed by atoms with Crippen LogP contribution in [0.15, 0.2) is 30.7 Å². The van der Waals surface area contributed by atoms with Gasteiger partial charge in [0.05, 0.1) is 5.39 Å². The molecule has 25 heavy (non-hydrogen) atoms. The highest BCUT2D eigenvalue weighted by molar-refractivity contribution is 5.86. The zero-order valence-corrected chi connectivity index (χ0v) is 14.7. The molecule has 7 nitrogen and oxygen atoms in total. The number of anilines is 1. The fourth-order valence-corrected chi connectivity index (χ4v) is 4.77. The van der Waals surface area contributed by atoms with Crippen molar-refractivity contribution in [2.24, 2.45) is 0 Å². The normalized spacial score (nSPS) is 39.1. The van der Waals surface area contributed by atoms with Crippen molar-refractivity contribution in [1.82, 2.24) is 14.5 Å². The van der Waals surface area contributed by atoms with Gasteiger partial charge in [-0.1, -0.05) is 6.58 Å². The molecule has 0 bridgehead atoms. The molecule has 0 aromatic carbocycles. The topological polar surface area (TPSA) is 84.4 Å². The van der Waals surface area contributed by atoms with Crippen molar-refractivity contribution in [3.05, 3.63) is 30.7 Å². The number of fused-ring (bicyclic) bond motifs is 1. The lowest BCUT2D eigenvalue weighted by Gasteiger charge is -2.35. The van der Waals surface area contributed by atoms with Crippen LogP contribution in [0.3, 0.4) is 0 Å². The van der Waals surface area contributed by atoms with Crippen LogP contribution in [0.1, 0.15) is 39.8 Å². The molecule has 2 saturated heterocycles. The Morgan fingerprint density at radius 2 is 2.08 bits per heavy atom. The first-order chi connectivity index (χ1) is 11.8. The third-order valence-electron chi connectivity index (χ3n) is 6.01. The molecule has 3 aliphatic rings. The molecule has 132 valence electrons. The minimum absolute atomic E-state index is 0.251. The summed E-state index contributed by atoms with van der Waals surface area (Å²) in [5.41, 5.74) is 6.63. The van der Waals surface area contributed by atoms with Crippen molar-refractivity contribution in [1.29, 1.82) is 0 Å². The van der Waals surface area contributed by atoms with E-state index in [4.69, 9.17) is 19.9 Å². The molecule has 0 radical (unpaired) electrons. The van der Waals surface area contributed by atoms with Gasteiger partial charge in [0.2, 0.25) is 0 Å². The maximum Gasteiger partial charge on any atom is 0.165 e. The second-order valence-corrected chi connectivity index (χ2v) is 7.79. The number of nitrogens with two attached hydrogens (primary N) is 1. The predicted molar refractivity (Wildman–Crippen MR) is 91.6 cm³/mol. The van der Waals surface area contributed by atoms with E-state index in [1.165, 1.54) is 6.33 Å². The monoisotopic (exact) mass is 342 g/mol. The fourth-order valence-electron chi connectivity index (χ4n) is 4.77.